The smallest absolute Gasteiger partial charge is 0.264 e. The van der Waals surface area contributed by atoms with Gasteiger partial charge in [0.1, 0.15) is 11.6 Å². The molecule has 8 nitrogen and oxygen atoms in total. The van der Waals surface area contributed by atoms with E-state index in [1.54, 1.807) is 18.2 Å². The molecule has 3 aliphatic heterocycles. The number of amides is 2. The van der Waals surface area contributed by atoms with Gasteiger partial charge in [0.25, 0.3) is 11.8 Å². The number of halogens is 1. The van der Waals surface area contributed by atoms with E-state index < -0.39 is 23.6 Å². The average molecular weight is 562 g/mol. The normalized spacial score (nSPS) is 23.9. The van der Waals surface area contributed by atoms with Crippen LogP contribution >= 0.6 is 0 Å². The molecule has 2 aromatic rings. The van der Waals surface area contributed by atoms with Crippen molar-refractivity contribution in [2.24, 2.45) is 0 Å². The minimum Gasteiger partial charge on any atom is -0.380 e. The van der Waals surface area contributed by atoms with E-state index in [-0.39, 0.29) is 59.7 Å². The third kappa shape index (κ3) is 5.33. The Kier molecular flexibility index (Phi) is 7.06. The summed E-state index contributed by atoms with van der Waals surface area (Å²) in [5.74, 6) is -1.92. The zero-order valence-corrected chi connectivity index (χ0v) is 23.6. The molecule has 3 heterocycles. The minimum atomic E-state index is -0.919. The second-order valence-corrected chi connectivity index (χ2v) is 12.5. The van der Waals surface area contributed by atoms with E-state index in [0.717, 1.165) is 43.7 Å². The average Bonchev–Trinajstić information content (AvgIpc) is 3.37. The molecule has 41 heavy (non-hydrogen) atoms. The van der Waals surface area contributed by atoms with E-state index in [2.05, 4.69) is 24.1 Å². The highest BCUT2D eigenvalue weighted by atomic mass is 19.1. The molecule has 216 valence electrons. The Morgan fingerprint density at radius 1 is 1.00 bits per heavy atom. The first kappa shape index (κ1) is 27.7. The maximum Gasteiger partial charge on any atom is 0.264 e. The van der Waals surface area contributed by atoms with E-state index in [9.17, 15) is 19.2 Å². The number of carbonyl (C=O) groups excluding carboxylic acids is 4. The van der Waals surface area contributed by atoms with Crippen LogP contribution in [0.3, 0.4) is 0 Å². The summed E-state index contributed by atoms with van der Waals surface area (Å²) < 4.78 is 21.5. The van der Waals surface area contributed by atoms with Crippen molar-refractivity contribution in [3.05, 3.63) is 64.5 Å². The molecule has 0 bridgehead atoms. The number of rotatable bonds is 6. The van der Waals surface area contributed by atoms with Crippen molar-refractivity contribution in [2.45, 2.75) is 89.1 Å². The largest absolute Gasteiger partial charge is 0.380 e. The van der Waals surface area contributed by atoms with Gasteiger partial charge in [0, 0.05) is 43.9 Å². The van der Waals surface area contributed by atoms with Crippen LogP contribution in [0.25, 0.3) is 0 Å². The van der Waals surface area contributed by atoms with Gasteiger partial charge in [-0.05, 0) is 69.7 Å². The fourth-order valence-corrected chi connectivity index (χ4v) is 6.82. The first-order valence-corrected chi connectivity index (χ1v) is 14.5. The summed E-state index contributed by atoms with van der Waals surface area (Å²) >= 11 is 0. The number of ether oxygens (including phenoxy) is 1. The molecular formula is C32H36FN3O5. The number of likely N-dealkylation sites (tertiary alicyclic amines) is 1. The van der Waals surface area contributed by atoms with E-state index in [0.29, 0.717) is 23.4 Å². The second-order valence-electron chi connectivity index (χ2n) is 12.5. The fourth-order valence-electron chi connectivity index (χ4n) is 6.82. The van der Waals surface area contributed by atoms with Crippen LogP contribution in [-0.4, -0.2) is 63.5 Å². The van der Waals surface area contributed by atoms with Crippen molar-refractivity contribution < 1.29 is 28.3 Å². The van der Waals surface area contributed by atoms with Crippen LogP contribution in [0.1, 0.15) is 90.6 Å². The lowest BCUT2D eigenvalue weighted by atomic mass is 9.88. The van der Waals surface area contributed by atoms with Gasteiger partial charge in [-0.2, -0.15) is 0 Å². The summed E-state index contributed by atoms with van der Waals surface area (Å²) in [5.41, 5.74) is 2.14. The predicted molar refractivity (Wildman–Crippen MR) is 150 cm³/mol. The number of hydrogen-bond acceptors (Lipinski definition) is 7. The number of carbonyl (C=O) groups is 4. The lowest BCUT2D eigenvalue weighted by Crippen LogP contribution is -2.47. The molecule has 2 amide bonds. The Hall–Kier alpha value is -3.43. The lowest BCUT2D eigenvalue weighted by Gasteiger charge is -2.40. The monoisotopic (exact) mass is 561 g/mol. The third-order valence-corrected chi connectivity index (χ3v) is 9.13. The van der Waals surface area contributed by atoms with E-state index in [4.69, 9.17) is 4.74 Å². The number of ketones is 2. The number of fused-ring (bicyclic) bond motifs is 1. The Morgan fingerprint density at radius 2 is 1.78 bits per heavy atom. The molecule has 1 N–H and O–H groups in total. The first-order valence-electron chi connectivity index (χ1n) is 14.5. The molecule has 4 aliphatic rings. The van der Waals surface area contributed by atoms with Gasteiger partial charge in [-0.25, -0.2) is 4.39 Å². The van der Waals surface area contributed by atoms with E-state index in [1.165, 1.54) is 6.07 Å². The van der Waals surface area contributed by atoms with E-state index >= 15 is 4.39 Å². The Bertz CT molecular complexity index is 1430. The predicted octanol–water partition coefficient (Wildman–Crippen LogP) is 4.65. The molecule has 6 rings (SSSR count). The van der Waals surface area contributed by atoms with Gasteiger partial charge in [0.05, 0.1) is 34.8 Å². The zero-order chi connectivity index (χ0) is 28.9. The summed E-state index contributed by atoms with van der Waals surface area (Å²) in [6, 6.07) is 9.21. The van der Waals surface area contributed by atoms with Crippen molar-refractivity contribution in [1.29, 1.82) is 0 Å². The van der Waals surface area contributed by atoms with Crippen LogP contribution in [0.15, 0.2) is 36.4 Å². The minimum absolute atomic E-state index is 0.0281. The lowest BCUT2D eigenvalue weighted by molar-refractivity contribution is -0.132. The van der Waals surface area contributed by atoms with Crippen LogP contribution < -0.4 is 5.32 Å². The topological polar surface area (TPSA) is 96.0 Å². The first-order chi connectivity index (χ1) is 19.5. The summed E-state index contributed by atoms with van der Waals surface area (Å²) in [7, 11) is 0. The SMILES string of the molecule is CC1(C)CCC2(CCN(Cc3ccc(CNc4cccc5c4C(=O)N(C4CCC(=O)CC4=O)C5=O)cc3F)CC2)O1. The van der Waals surface area contributed by atoms with Crippen molar-refractivity contribution in [3.8, 4) is 0 Å². The Balaban J connectivity index is 1.09. The molecule has 1 unspecified atom stereocenters. The van der Waals surface area contributed by atoms with Crippen LogP contribution in [0.2, 0.25) is 0 Å². The highest BCUT2D eigenvalue weighted by molar-refractivity contribution is 6.25. The van der Waals surface area contributed by atoms with Gasteiger partial charge in [-0.3, -0.25) is 29.0 Å². The van der Waals surface area contributed by atoms with Gasteiger partial charge in [0.2, 0.25) is 0 Å². The molecule has 1 atom stereocenters. The van der Waals surface area contributed by atoms with Crippen molar-refractivity contribution >= 4 is 29.1 Å². The molecule has 3 fully saturated rings. The fraction of sp³-hybridized carbons (Fsp3) is 0.500. The summed E-state index contributed by atoms with van der Waals surface area (Å²) in [6.07, 6.45) is 4.17. The Labute approximate surface area is 239 Å². The molecule has 0 radical (unpaired) electrons. The van der Waals surface area contributed by atoms with Gasteiger partial charge < -0.3 is 10.1 Å². The summed E-state index contributed by atoms with van der Waals surface area (Å²) in [4.78, 5) is 53.8. The summed E-state index contributed by atoms with van der Waals surface area (Å²) in [6.45, 7) is 6.87. The summed E-state index contributed by atoms with van der Waals surface area (Å²) in [5, 5.41) is 3.19. The second kappa shape index (κ2) is 10.4. The zero-order valence-electron chi connectivity index (χ0n) is 23.6. The van der Waals surface area contributed by atoms with E-state index in [1.807, 2.05) is 12.1 Å². The highest BCUT2D eigenvalue weighted by Gasteiger charge is 2.46. The quantitative estimate of drug-likeness (QED) is 0.405. The van der Waals surface area contributed by atoms with Gasteiger partial charge in [-0.15, -0.1) is 0 Å². The molecular weight excluding hydrogens is 525 g/mol. The molecule has 1 aliphatic carbocycles. The van der Waals surface area contributed by atoms with Gasteiger partial charge in [-0.1, -0.05) is 18.2 Å². The standard InChI is InChI=1S/C32H36FN3O5/c1-31(2)10-11-32(41-31)12-14-35(15-13-32)19-21-7-6-20(16-24(21)33)18-34-25-5-3-4-23-28(25)30(40)36(29(23)39)26-9-8-22(37)17-27(26)38/h3-7,16,26,34H,8-15,17-19H2,1-2H3. The molecule has 9 heteroatoms. The Morgan fingerprint density at radius 3 is 2.46 bits per heavy atom. The van der Waals surface area contributed by atoms with Crippen LogP contribution in [0.4, 0.5) is 10.1 Å². The molecule has 1 spiro atoms. The van der Waals surface area contributed by atoms with Crippen molar-refractivity contribution in [3.63, 3.8) is 0 Å². The van der Waals surface area contributed by atoms with Crippen molar-refractivity contribution in [2.75, 3.05) is 18.4 Å². The maximum absolute atomic E-state index is 15.1. The molecule has 1 saturated carbocycles. The number of hydrogen-bond donors (Lipinski definition) is 1. The number of piperidine rings is 1. The number of nitrogens with one attached hydrogen (secondary N) is 1. The van der Waals surface area contributed by atoms with Gasteiger partial charge >= 0.3 is 0 Å². The number of anilines is 1. The molecule has 0 aromatic heterocycles. The van der Waals surface area contributed by atoms with Crippen LogP contribution in [0.5, 0.6) is 0 Å². The van der Waals surface area contributed by atoms with Gasteiger partial charge in [0.15, 0.2) is 5.78 Å². The maximum atomic E-state index is 15.1. The molecule has 2 saturated heterocycles. The van der Waals surface area contributed by atoms with Crippen LogP contribution in [0, 0.1) is 5.82 Å². The number of nitrogens with zero attached hydrogens (tertiary/aromatic N) is 2. The third-order valence-electron chi connectivity index (χ3n) is 9.13. The molecule has 2 aromatic carbocycles. The van der Waals surface area contributed by atoms with Crippen molar-refractivity contribution in [1.82, 2.24) is 9.80 Å². The van der Waals surface area contributed by atoms with Crippen LogP contribution in [-0.2, 0) is 27.4 Å². The highest BCUT2D eigenvalue weighted by Crippen LogP contribution is 2.44. The number of benzene rings is 2. The number of Topliss-reactive ketones (excluding diaryl/α,β-unsaturated/α-hetero) is 2. The number of imide groups is 1.